The monoisotopic (exact) mass is 394 g/mol. The van der Waals surface area contributed by atoms with Gasteiger partial charge in [0.2, 0.25) is 10.0 Å². The summed E-state index contributed by atoms with van der Waals surface area (Å²) in [6.07, 6.45) is 2.25. The molecule has 1 aliphatic rings. The van der Waals surface area contributed by atoms with Crippen molar-refractivity contribution in [2.45, 2.75) is 17.9 Å². The molecule has 1 saturated heterocycles. The summed E-state index contributed by atoms with van der Waals surface area (Å²) >= 11 is 0. The van der Waals surface area contributed by atoms with Crippen molar-refractivity contribution in [3.05, 3.63) is 36.4 Å². The molecule has 0 aliphatic carbocycles. The lowest BCUT2D eigenvalue weighted by Crippen LogP contribution is -2.44. The highest BCUT2D eigenvalue weighted by Gasteiger charge is 2.14. The topological polar surface area (TPSA) is 101 Å². The first-order valence-electron chi connectivity index (χ1n) is 9.03. The lowest BCUT2D eigenvalue weighted by atomic mass is 10.3. The van der Waals surface area contributed by atoms with E-state index in [0.29, 0.717) is 18.1 Å². The minimum atomic E-state index is -3.51. The minimum absolute atomic E-state index is 0.232. The van der Waals surface area contributed by atoms with Crippen LogP contribution >= 0.6 is 0 Å². The second kappa shape index (κ2) is 9.27. The number of hydrogen-bond acceptors (Lipinski definition) is 7. The van der Waals surface area contributed by atoms with Gasteiger partial charge in [-0.05, 0) is 37.2 Å². The molecule has 1 fully saturated rings. The number of ether oxygens (including phenoxy) is 1. The summed E-state index contributed by atoms with van der Waals surface area (Å²) < 4.78 is 34.7. The number of benzene rings is 1. The number of hydrogen-bond donors (Lipinski definition) is 2. The van der Waals surface area contributed by atoms with E-state index in [2.05, 4.69) is 25.0 Å². The Morgan fingerprint density at radius 3 is 2.63 bits per heavy atom. The molecule has 0 atom stereocenters. The van der Waals surface area contributed by atoms with Crippen molar-refractivity contribution in [3.63, 3.8) is 0 Å². The lowest BCUT2D eigenvalue weighted by molar-refractivity contribution is 0.239. The van der Waals surface area contributed by atoms with Crippen LogP contribution in [0.15, 0.2) is 35.5 Å². The van der Waals surface area contributed by atoms with Gasteiger partial charge in [0.05, 0.1) is 4.90 Å². The molecule has 27 heavy (non-hydrogen) atoms. The molecule has 3 rings (SSSR count). The van der Waals surface area contributed by atoms with Crippen molar-refractivity contribution >= 4 is 10.0 Å². The van der Waals surface area contributed by atoms with Crippen LogP contribution in [0.1, 0.15) is 12.2 Å². The molecular weight excluding hydrogens is 368 g/mol. The van der Waals surface area contributed by atoms with Crippen LogP contribution in [0.2, 0.25) is 0 Å². The number of rotatable bonds is 9. The van der Waals surface area contributed by atoms with Crippen LogP contribution in [0.5, 0.6) is 5.75 Å². The van der Waals surface area contributed by atoms with Crippen molar-refractivity contribution in [1.82, 2.24) is 29.7 Å². The maximum absolute atomic E-state index is 12.4. The highest BCUT2D eigenvalue weighted by Crippen LogP contribution is 2.16. The van der Waals surface area contributed by atoms with Gasteiger partial charge < -0.3 is 15.0 Å². The Kier molecular flexibility index (Phi) is 6.78. The number of sulfonamides is 1. The number of nitrogens with one attached hydrogen (secondary N) is 2. The van der Waals surface area contributed by atoms with Crippen LogP contribution in [0.3, 0.4) is 0 Å². The normalized spacial score (nSPS) is 15.7. The zero-order valence-electron chi connectivity index (χ0n) is 15.5. The van der Waals surface area contributed by atoms with Crippen molar-refractivity contribution < 1.29 is 13.2 Å². The quantitative estimate of drug-likeness (QED) is 0.576. The van der Waals surface area contributed by atoms with Gasteiger partial charge in [-0.1, -0.05) is 0 Å². The first-order valence-corrected chi connectivity index (χ1v) is 10.5. The lowest BCUT2D eigenvalue weighted by Gasteiger charge is -2.27. The van der Waals surface area contributed by atoms with Gasteiger partial charge in [0, 0.05) is 39.8 Å². The van der Waals surface area contributed by atoms with E-state index < -0.39 is 10.0 Å². The largest absolute Gasteiger partial charge is 0.486 e. The van der Waals surface area contributed by atoms with Crippen molar-refractivity contribution in [1.29, 1.82) is 0 Å². The Hall–Kier alpha value is -2.01. The van der Waals surface area contributed by atoms with Crippen LogP contribution in [0, 0.1) is 0 Å². The smallest absolute Gasteiger partial charge is 0.240 e. The Labute approximate surface area is 159 Å². The van der Waals surface area contributed by atoms with E-state index in [1.807, 2.05) is 0 Å². The molecule has 2 N–H and O–H groups in total. The van der Waals surface area contributed by atoms with E-state index in [0.717, 1.165) is 39.1 Å². The number of aryl methyl sites for hydroxylation is 1. The number of nitrogens with zero attached hydrogens (tertiary/aromatic N) is 4. The fourth-order valence-electron chi connectivity index (χ4n) is 2.84. The first-order chi connectivity index (χ1) is 13.0. The molecule has 9 nitrogen and oxygen atoms in total. The highest BCUT2D eigenvalue weighted by molar-refractivity contribution is 7.89. The average molecular weight is 395 g/mol. The first kappa shape index (κ1) is 19.7. The zero-order chi connectivity index (χ0) is 19.1. The maximum atomic E-state index is 12.4. The van der Waals surface area contributed by atoms with Crippen LogP contribution in [0.25, 0.3) is 0 Å². The minimum Gasteiger partial charge on any atom is -0.486 e. The SMILES string of the molecule is Cn1ncnc1COc1ccc(S(=O)(=O)NCCCN2CCNCC2)cc1. The van der Waals surface area contributed by atoms with E-state index in [4.69, 9.17) is 4.74 Å². The molecule has 1 aromatic heterocycles. The molecule has 10 heteroatoms. The highest BCUT2D eigenvalue weighted by atomic mass is 32.2. The van der Waals surface area contributed by atoms with Crippen molar-refractivity contribution in [2.24, 2.45) is 7.05 Å². The van der Waals surface area contributed by atoms with E-state index >= 15 is 0 Å². The molecule has 0 spiro atoms. The van der Waals surface area contributed by atoms with E-state index in [1.54, 1.807) is 36.0 Å². The Morgan fingerprint density at radius 1 is 1.22 bits per heavy atom. The molecule has 2 aromatic rings. The maximum Gasteiger partial charge on any atom is 0.240 e. The summed E-state index contributed by atoms with van der Waals surface area (Å²) in [6, 6.07) is 6.38. The zero-order valence-corrected chi connectivity index (χ0v) is 16.3. The summed E-state index contributed by atoms with van der Waals surface area (Å²) in [7, 11) is -1.72. The molecule has 0 radical (unpaired) electrons. The molecule has 1 aliphatic heterocycles. The Bertz CT molecular complexity index is 815. The summed E-state index contributed by atoms with van der Waals surface area (Å²) in [4.78, 5) is 6.65. The Balaban J connectivity index is 1.45. The summed E-state index contributed by atoms with van der Waals surface area (Å²) in [5.41, 5.74) is 0. The van der Waals surface area contributed by atoms with Gasteiger partial charge in [-0.25, -0.2) is 18.1 Å². The van der Waals surface area contributed by atoms with Crippen LogP contribution in [-0.2, 0) is 23.7 Å². The molecular formula is C17H26N6O3S. The Morgan fingerprint density at radius 2 is 1.96 bits per heavy atom. The molecule has 0 unspecified atom stereocenters. The van der Waals surface area contributed by atoms with E-state index in [1.165, 1.54) is 6.33 Å². The fraction of sp³-hybridized carbons (Fsp3) is 0.529. The average Bonchev–Trinajstić information content (AvgIpc) is 3.10. The van der Waals surface area contributed by atoms with Gasteiger partial charge in [-0.3, -0.25) is 4.68 Å². The van der Waals surface area contributed by atoms with Gasteiger partial charge in [0.1, 0.15) is 18.7 Å². The predicted octanol–water partition coefficient (Wildman–Crippen LogP) is -0.0323. The van der Waals surface area contributed by atoms with E-state index in [9.17, 15) is 8.42 Å². The standard InChI is InChI=1S/C17H26N6O3S/c1-22-17(19-14-20-22)13-26-15-3-5-16(6-4-15)27(24,25)21-7-2-10-23-11-8-18-9-12-23/h3-6,14,18,21H,2,7-13H2,1H3. The van der Waals surface area contributed by atoms with Crippen LogP contribution < -0.4 is 14.8 Å². The van der Waals surface area contributed by atoms with Crippen molar-refractivity contribution in [2.75, 3.05) is 39.3 Å². The fourth-order valence-corrected chi connectivity index (χ4v) is 3.92. The summed E-state index contributed by atoms with van der Waals surface area (Å²) in [5.74, 6) is 1.27. The molecule has 0 bridgehead atoms. The summed E-state index contributed by atoms with van der Waals surface area (Å²) in [6.45, 7) is 5.63. The molecule has 2 heterocycles. The van der Waals surface area contributed by atoms with Gasteiger partial charge in [-0.15, -0.1) is 0 Å². The van der Waals surface area contributed by atoms with Gasteiger partial charge in [-0.2, -0.15) is 5.10 Å². The third-order valence-corrected chi connectivity index (χ3v) is 5.94. The number of piperazine rings is 1. The van der Waals surface area contributed by atoms with Gasteiger partial charge in [0.25, 0.3) is 0 Å². The number of aromatic nitrogens is 3. The van der Waals surface area contributed by atoms with Gasteiger partial charge >= 0.3 is 0 Å². The second-order valence-electron chi connectivity index (χ2n) is 6.40. The summed E-state index contributed by atoms with van der Waals surface area (Å²) in [5, 5.41) is 7.28. The van der Waals surface area contributed by atoms with Crippen molar-refractivity contribution in [3.8, 4) is 5.75 Å². The van der Waals surface area contributed by atoms with E-state index in [-0.39, 0.29) is 11.5 Å². The third kappa shape index (κ3) is 5.73. The predicted molar refractivity (Wildman–Crippen MR) is 101 cm³/mol. The molecule has 148 valence electrons. The molecule has 0 amide bonds. The molecule has 1 aromatic carbocycles. The van der Waals surface area contributed by atoms with Crippen LogP contribution in [0.4, 0.5) is 0 Å². The van der Waals surface area contributed by atoms with Crippen LogP contribution in [-0.4, -0.2) is 67.4 Å². The second-order valence-corrected chi connectivity index (χ2v) is 8.17. The van der Waals surface area contributed by atoms with Gasteiger partial charge in [0.15, 0.2) is 5.82 Å². The third-order valence-electron chi connectivity index (χ3n) is 4.46. The molecule has 0 saturated carbocycles.